The molecule has 0 spiro atoms. The normalized spacial score (nSPS) is 12.7. The average Bonchev–Trinajstić information content (AvgIpc) is 2.25. The van der Waals surface area contributed by atoms with Crippen molar-refractivity contribution < 1.29 is 0 Å². The van der Waals surface area contributed by atoms with Crippen molar-refractivity contribution in [1.82, 2.24) is 0 Å². The lowest BCUT2D eigenvalue weighted by atomic mass is 9.95. The molecular weight excluding hydrogens is 168 g/mol. The third kappa shape index (κ3) is 3.95. The van der Waals surface area contributed by atoms with Gasteiger partial charge in [-0.3, -0.25) is 0 Å². The van der Waals surface area contributed by atoms with Crippen LogP contribution in [0.5, 0.6) is 0 Å². The van der Waals surface area contributed by atoms with Gasteiger partial charge in [-0.25, -0.2) is 0 Å². The van der Waals surface area contributed by atoms with Crippen LogP contribution in [0.4, 0.5) is 0 Å². The molecule has 1 atom stereocenters. The van der Waals surface area contributed by atoms with E-state index in [4.69, 9.17) is 0 Å². The Morgan fingerprint density at radius 3 is 2.43 bits per heavy atom. The quantitative estimate of drug-likeness (QED) is 0.575. The molecule has 1 aromatic carbocycles. The van der Waals surface area contributed by atoms with Crippen LogP contribution >= 0.6 is 0 Å². The standard InChI is InChI=1S/C14H21/c1-3-4-5-7-10-13(2)14-11-8-6-9-12-14/h6,8-9,11-13H,2-5,7,10H2,1H3. The minimum absolute atomic E-state index is 0.480. The molecule has 0 aliphatic heterocycles. The molecule has 0 amide bonds. The highest BCUT2D eigenvalue weighted by Crippen LogP contribution is 2.20. The Bertz CT molecular complexity index is 225. The molecule has 0 heteroatoms. The molecule has 0 bridgehead atoms. The predicted molar refractivity (Wildman–Crippen MR) is 63.3 cm³/mol. The van der Waals surface area contributed by atoms with E-state index in [-0.39, 0.29) is 0 Å². The Balaban J connectivity index is 2.25. The average molecular weight is 189 g/mol. The van der Waals surface area contributed by atoms with E-state index in [1.54, 1.807) is 0 Å². The first kappa shape index (κ1) is 11.3. The van der Waals surface area contributed by atoms with Crippen LogP contribution in [0.3, 0.4) is 0 Å². The molecule has 0 fully saturated rings. The van der Waals surface area contributed by atoms with E-state index in [2.05, 4.69) is 44.2 Å². The summed E-state index contributed by atoms with van der Waals surface area (Å²) in [6, 6.07) is 10.6. The summed E-state index contributed by atoms with van der Waals surface area (Å²) in [5, 5.41) is 0. The van der Waals surface area contributed by atoms with E-state index >= 15 is 0 Å². The highest BCUT2D eigenvalue weighted by atomic mass is 14.1. The number of unbranched alkanes of at least 4 members (excludes halogenated alkanes) is 3. The van der Waals surface area contributed by atoms with E-state index in [0.29, 0.717) is 5.92 Å². The first-order valence-electron chi connectivity index (χ1n) is 5.72. The Hall–Kier alpha value is -0.780. The van der Waals surface area contributed by atoms with Crippen molar-refractivity contribution in [3.63, 3.8) is 0 Å². The molecule has 0 aromatic heterocycles. The van der Waals surface area contributed by atoms with Gasteiger partial charge in [-0.15, -0.1) is 0 Å². The lowest BCUT2D eigenvalue weighted by molar-refractivity contribution is 0.602. The summed E-state index contributed by atoms with van der Waals surface area (Å²) < 4.78 is 0. The van der Waals surface area contributed by atoms with Gasteiger partial charge in [0.15, 0.2) is 0 Å². The molecule has 0 heterocycles. The van der Waals surface area contributed by atoms with E-state index in [1.807, 2.05) is 0 Å². The molecule has 0 N–H and O–H groups in total. The molecular formula is C14H21. The minimum Gasteiger partial charge on any atom is -0.0654 e. The van der Waals surface area contributed by atoms with Crippen LogP contribution in [0.1, 0.15) is 50.5 Å². The lowest BCUT2D eigenvalue weighted by Gasteiger charge is -2.10. The molecule has 0 saturated heterocycles. The molecule has 1 unspecified atom stereocenters. The monoisotopic (exact) mass is 189 g/mol. The van der Waals surface area contributed by atoms with Crippen LogP contribution in [0.25, 0.3) is 0 Å². The maximum absolute atomic E-state index is 4.21. The summed E-state index contributed by atoms with van der Waals surface area (Å²) in [6.07, 6.45) is 6.57. The van der Waals surface area contributed by atoms with Crippen LogP contribution in [0.15, 0.2) is 30.3 Å². The van der Waals surface area contributed by atoms with Gasteiger partial charge in [0.1, 0.15) is 0 Å². The third-order valence-corrected chi connectivity index (χ3v) is 2.68. The number of rotatable bonds is 6. The molecule has 1 radical (unpaired) electrons. The molecule has 0 nitrogen and oxygen atoms in total. The van der Waals surface area contributed by atoms with Crippen molar-refractivity contribution in [3.05, 3.63) is 42.8 Å². The zero-order chi connectivity index (χ0) is 10.2. The molecule has 77 valence electrons. The summed E-state index contributed by atoms with van der Waals surface area (Å²) in [6.45, 7) is 6.45. The van der Waals surface area contributed by atoms with Crippen molar-refractivity contribution in [3.8, 4) is 0 Å². The molecule has 0 aliphatic carbocycles. The van der Waals surface area contributed by atoms with Gasteiger partial charge in [-0.05, 0) is 24.8 Å². The van der Waals surface area contributed by atoms with Crippen molar-refractivity contribution in [1.29, 1.82) is 0 Å². The largest absolute Gasteiger partial charge is 0.0654 e. The number of hydrogen-bond donors (Lipinski definition) is 0. The second-order valence-corrected chi connectivity index (χ2v) is 3.96. The highest BCUT2D eigenvalue weighted by molar-refractivity contribution is 5.20. The Morgan fingerprint density at radius 1 is 1.07 bits per heavy atom. The predicted octanol–water partition coefficient (Wildman–Crippen LogP) is 4.57. The highest BCUT2D eigenvalue weighted by Gasteiger charge is 2.03. The van der Waals surface area contributed by atoms with Gasteiger partial charge < -0.3 is 0 Å². The summed E-state index contributed by atoms with van der Waals surface area (Å²) in [4.78, 5) is 0. The molecule has 14 heavy (non-hydrogen) atoms. The van der Waals surface area contributed by atoms with Crippen molar-refractivity contribution in [2.45, 2.75) is 44.9 Å². The number of hydrogen-bond acceptors (Lipinski definition) is 0. The fraction of sp³-hybridized carbons (Fsp3) is 0.500. The second kappa shape index (κ2) is 6.64. The third-order valence-electron chi connectivity index (χ3n) is 2.68. The van der Waals surface area contributed by atoms with Gasteiger partial charge >= 0.3 is 0 Å². The van der Waals surface area contributed by atoms with Crippen LogP contribution in [0.2, 0.25) is 0 Å². The minimum atomic E-state index is 0.480. The van der Waals surface area contributed by atoms with Gasteiger partial charge in [0.2, 0.25) is 0 Å². The lowest BCUT2D eigenvalue weighted by Crippen LogP contribution is -1.93. The zero-order valence-corrected chi connectivity index (χ0v) is 9.21. The molecule has 1 rings (SSSR count). The molecule has 0 aliphatic rings. The Morgan fingerprint density at radius 2 is 1.79 bits per heavy atom. The van der Waals surface area contributed by atoms with Crippen LogP contribution in [-0.4, -0.2) is 0 Å². The van der Waals surface area contributed by atoms with Gasteiger partial charge in [0.05, 0.1) is 0 Å². The second-order valence-electron chi connectivity index (χ2n) is 3.96. The van der Waals surface area contributed by atoms with Crippen molar-refractivity contribution in [2.24, 2.45) is 0 Å². The topological polar surface area (TPSA) is 0 Å². The summed E-state index contributed by atoms with van der Waals surface area (Å²) in [7, 11) is 0. The Labute approximate surface area is 88.4 Å². The maximum Gasteiger partial charge on any atom is -0.0162 e. The fourth-order valence-corrected chi connectivity index (χ4v) is 1.71. The summed E-state index contributed by atoms with van der Waals surface area (Å²) in [5.74, 6) is 0.480. The Kier molecular flexibility index (Phi) is 5.36. The van der Waals surface area contributed by atoms with Crippen molar-refractivity contribution >= 4 is 0 Å². The smallest absolute Gasteiger partial charge is 0.0162 e. The van der Waals surface area contributed by atoms with Gasteiger partial charge in [0, 0.05) is 0 Å². The van der Waals surface area contributed by atoms with Gasteiger partial charge in [-0.2, -0.15) is 0 Å². The molecule has 0 saturated carbocycles. The maximum atomic E-state index is 4.21. The van der Waals surface area contributed by atoms with Crippen molar-refractivity contribution in [2.75, 3.05) is 0 Å². The van der Waals surface area contributed by atoms with Crippen LogP contribution in [0, 0.1) is 6.92 Å². The van der Waals surface area contributed by atoms with Crippen LogP contribution in [-0.2, 0) is 0 Å². The van der Waals surface area contributed by atoms with E-state index in [1.165, 1.54) is 37.7 Å². The van der Waals surface area contributed by atoms with E-state index in [9.17, 15) is 0 Å². The van der Waals surface area contributed by atoms with E-state index < -0.39 is 0 Å². The molecule has 1 aromatic rings. The van der Waals surface area contributed by atoms with Crippen LogP contribution < -0.4 is 0 Å². The summed E-state index contributed by atoms with van der Waals surface area (Å²) >= 11 is 0. The first-order valence-corrected chi connectivity index (χ1v) is 5.72. The summed E-state index contributed by atoms with van der Waals surface area (Å²) in [5.41, 5.74) is 1.38. The van der Waals surface area contributed by atoms with Gasteiger partial charge in [-0.1, -0.05) is 62.9 Å². The van der Waals surface area contributed by atoms with Gasteiger partial charge in [0.25, 0.3) is 0 Å². The first-order chi connectivity index (χ1) is 6.84. The SMILES string of the molecule is [CH2]C(CCCCCC)c1ccccc1. The fourth-order valence-electron chi connectivity index (χ4n) is 1.71. The van der Waals surface area contributed by atoms with E-state index in [0.717, 1.165) is 0 Å². The number of benzene rings is 1. The zero-order valence-electron chi connectivity index (χ0n) is 9.21.